The fourth-order valence-electron chi connectivity index (χ4n) is 3.20. The third kappa shape index (κ3) is 7.34. The Hall–Kier alpha value is -3.47. The molecule has 0 aliphatic carbocycles. The van der Waals surface area contributed by atoms with Crippen molar-refractivity contribution in [2.24, 2.45) is 0 Å². The Kier molecular flexibility index (Phi) is 9.46. The summed E-state index contributed by atoms with van der Waals surface area (Å²) in [6.07, 6.45) is 4.48. The number of hydrogen-bond donors (Lipinski definition) is 1. The van der Waals surface area contributed by atoms with Gasteiger partial charge in [-0.2, -0.15) is 0 Å². The summed E-state index contributed by atoms with van der Waals surface area (Å²) < 4.78 is 17.4. The van der Waals surface area contributed by atoms with E-state index in [2.05, 4.69) is 12.2 Å². The van der Waals surface area contributed by atoms with Crippen LogP contribution < -0.4 is 19.5 Å². The molecule has 1 amide bonds. The maximum Gasteiger partial charge on any atom is 0.259 e. The molecular weight excluding hydrogens is 402 g/mol. The smallest absolute Gasteiger partial charge is 0.259 e. The molecule has 3 aromatic rings. The molecule has 0 aliphatic heterocycles. The van der Waals surface area contributed by atoms with Crippen molar-refractivity contribution in [1.29, 1.82) is 0 Å². The van der Waals surface area contributed by atoms with Crippen LogP contribution >= 0.6 is 0 Å². The first-order chi connectivity index (χ1) is 15.8. The van der Waals surface area contributed by atoms with Crippen LogP contribution in [-0.2, 0) is 0 Å². The number of ether oxygens (including phenoxy) is 3. The number of amides is 1. The molecule has 0 saturated carbocycles. The highest BCUT2D eigenvalue weighted by atomic mass is 16.5. The summed E-state index contributed by atoms with van der Waals surface area (Å²) in [5.41, 5.74) is 1.11. The van der Waals surface area contributed by atoms with Crippen LogP contribution in [0.25, 0.3) is 0 Å². The second-order valence-corrected chi connectivity index (χ2v) is 7.37. The zero-order chi connectivity index (χ0) is 22.4. The molecule has 0 aromatic heterocycles. The number of rotatable bonds is 13. The molecule has 0 bridgehead atoms. The average molecular weight is 434 g/mol. The molecular formula is C27H31NO4. The van der Waals surface area contributed by atoms with Gasteiger partial charge in [0.15, 0.2) is 0 Å². The van der Waals surface area contributed by atoms with Crippen LogP contribution in [0.15, 0.2) is 78.9 Å². The number of benzene rings is 3. The Balaban J connectivity index is 1.56. The van der Waals surface area contributed by atoms with Gasteiger partial charge in [0.2, 0.25) is 0 Å². The zero-order valence-corrected chi connectivity index (χ0v) is 18.6. The van der Waals surface area contributed by atoms with E-state index < -0.39 is 0 Å². The average Bonchev–Trinajstić information content (AvgIpc) is 2.83. The second kappa shape index (κ2) is 13.1. The highest BCUT2D eigenvalue weighted by Crippen LogP contribution is 2.26. The Labute approximate surface area is 190 Å². The fraction of sp³-hybridized carbons (Fsp3) is 0.296. The predicted octanol–water partition coefficient (Wildman–Crippen LogP) is 6.36. The molecule has 0 unspecified atom stereocenters. The van der Waals surface area contributed by atoms with Gasteiger partial charge in [0.05, 0.1) is 17.9 Å². The number of nitrogens with one attached hydrogen (secondary N) is 1. The van der Waals surface area contributed by atoms with E-state index in [4.69, 9.17) is 14.2 Å². The lowest BCUT2D eigenvalue weighted by Gasteiger charge is -2.15. The van der Waals surface area contributed by atoms with Crippen LogP contribution in [0.3, 0.4) is 0 Å². The van der Waals surface area contributed by atoms with Crippen molar-refractivity contribution in [3.05, 3.63) is 84.4 Å². The molecule has 0 heterocycles. The third-order valence-corrected chi connectivity index (χ3v) is 4.88. The lowest BCUT2D eigenvalue weighted by atomic mass is 10.1. The molecule has 32 heavy (non-hydrogen) atoms. The number of carbonyl (C=O) groups excluding carboxylic acids is 1. The molecule has 0 spiro atoms. The van der Waals surface area contributed by atoms with E-state index in [1.54, 1.807) is 6.07 Å². The SMILES string of the molecule is CCCCCCOc1ccccc1C(=O)Nc1ccccc1OCCOc1ccccc1. The molecule has 0 saturated heterocycles. The summed E-state index contributed by atoms with van der Waals surface area (Å²) >= 11 is 0. The van der Waals surface area contributed by atoms with Gasteiger partial charge in [-0.15, -0.1) is 0 Å². The topological polar surface area (TPSA) is 56.8 Å². The van der Waals surface area contributed by atoms with E-state index in [0.717, 1.165) is 18.6 Å². The predicted molar refractivity (Wildman–Crippen MR) is 128 cm³/mol. The van der Waals surface area contributed by atoms with Gasteiger partial charge in [0.1, 0.15) is 30.5 Å². The van der Waals surface area contributed by atoms with Crippen molar-refractivity contribution in [2.75, 3.05) is 25.1 Å². The Morgan fingerprint density at radius 3 is 2.16 bits per heavy atom. The number of hydrogen-bond acceptors (Lipinski definition) is 4. The van der Waals surface area contributed by atoms with E-state index in [0.29, 0.717) is 42.6 Å². The molecule has 0 radical (unpaired) electrons. The molecule has 5 nitrogen and oxygen atoms in total. The summed E-state index contributed by atoms with van der Waals surface area (Å²) in [6, 6.07) is 24.3. The minimum absolute atomic E-state index is 0.231. The number of para-hydroxylation sites is 4. The minimum atomic E-state index is -0.231. The van der Waals surface area contributed by atoms with Gasteiger partial charge in [-0.3, -0.25) is 4.79 Å². The van der Waals surface area contributed by atoms with E-state index >= 15 is 0 Å². The monoisotopic (exact) mass is 433 g/mol. The molecule has 0 fully saturated rings. The van der Waals surface area contributed by atoms with Crippen molar-refractivity contribution < 1.29 is 19.0 Å². The molecule has 168 valence electrons. The first-order valence-corrected chi connectivity index (χ1v) is 11.2. The Bertz CT molecular complexity index is 959. The first kappa shape index (κ1) is 23.2. The standard InChI is InChI=1S/C27H31NO4/c1-2-3-4-12-19-31-25-17-10-8-15-23(25)27(29)28-24-16-9-11-18-26(24)32-21-20-30-22-13-6-5-7-14-22/h5-11,13-18H,2-4,12,19-21H2,1H3,(H,28,29). The van der Waals surface area contributed by atoms with E-state index in [-0.39, 0.29) is 5.91 Å². The molecule has 3 aromatic carbocycles. The van der Waals surface area contributed by atoms with Crippen LogP contribution in [0.4, 0.5) is 5.69 Å². The zero-order valence-electron chi connectivity index (χ0n) is 18.6. The van der Waals surface area contributed by atoms with Crippen molar-refractivity contribution in [3.8, 4) is 17.2 Å². The molecule has 1 N–H and O–H groups in total. The van der Waals surface area contributed by atoms with Crippen LogP contribution in [0.5, 0.6) is 17.2 Å². The van der Waals surface area contributed by atoms with Crippen LogP contribution in [-0.4, -0.2) is 25.7 Å². The molecule has 5 heteroatoms. The van der Waals surface area contributed by atoms with Gasteiger partial charge in [-0.1, -0.05) is 68.7 Å². The highest BCUT2D eigenvalue weighted by molar-refractivity contribution is 6.06. The van der Waals surface area contributed by atoms with Gasteiger partial charge in [-0.25, -0.2) is 0 Å². The summed E-state index contributed by atoms with van der Waals surface area (Å²) in [6.45, 7) is 3.55. The second-order valence-electron chi connectivity index (χ2n) is 7.37. The lowest BCUT2D eigenvalue weighted by molar-refractivity contribution is 0.102. The third-order valence-electron chi connectivity index (χ3n) is 4.88. The number of unbranched alkanes of at least 4 members (excludes halogenated alkanes) is 3. The maximum absolute atomic E-state index is 13.0. The van der Waals surface area contributed by atoms with Gasteiger partial charge in [0.25, 0.3) is 5.91 Å². The minimum Gasteiger partial charge on any atom is -0.493 e. The summed E-state index contributed by atoms with van der Waals surface area (Å²) in [5, 5.41) is 2.95. The quantitative estimate of drug-likeness (QED) is 0.319. The van der Waals surface area contributed by atoms with Gasteiger partial charge >= 0.3 is 0 Å². The van der Waals surface area contributed by atoms with Crippen molar-refractivity contribution >= 4 is 11.6 Å². The van der Waals surface area contributed by atoms with E-state index in [1.165, 1.54) is 12.8 Å². The van der Waals surface area contributed by atoms with Crippen molar-refractivity contribution in [2.45, 2.75) is 32.6 Å². The van der Waals surface area contributed by atoms with Gasteiger partial charge in [0, 0.05) is 0 Å². The molecule has 3 rings (SSSR count). The maximum atomic E-state index is 13.0. The normalized spacial score (nSPS) is 10.4. The summed E-state index contributed by atoms with van der Waals surface area (Å²) in [5.74, 6) is 1.75. The fourth-order valence-corrected chi connectivity index (χ4v) is 3.20. The Morgan fingerprint density at radius 2 is 1.34 bits per heavy atom. The molecule has 0 aliphatic rings. The van der Waals surface area contributed by atoms with Crippen molar-refractivity contribution in [3.63, 3.8) is 0 Å². The van der Waals surface area contributed by atoms with Gasteiger partial charge < -0.3 is 19.5 Å². The van der Waals surface area contributed by atoms with Gasteiger partial charge in [-0.05, 0) is 42.8 Å². The van der Waals surface area contributed by atoms with Crippen LogP contribution in [0, 0.1) is 0 Å². The summed E-state index contributed by atoms with van der Waals surface area (Å²) in [7, 11) is 0. The lowest BCUT2D eigenvalue weighted by Crippen LogP contribution is -2.15. The van der Waals surface area contributed by atoms with Crippen LogP contribution in [0.1, 0.15) is 43.0 Å². The Morgan fingerprint density at radius 1 is 0.688 bits per heavy atom. The first-order valence-electron chi connectivity index (χ1n) is 11.2. The highest BCUT2D eigenvalue weighted by Gasteiger charge is 2.14. The number of carbonyl (C=O) groups is 1. The summed E-state index contributed by atoms with van der Waals surface area (Å²) in [4.78, 5) is 13.0. The number of anilines is 1. The van der Waals surface area contributed by atoms with E-state index in [9.17, 15) is 4.79 Å². The van der Waals surface area contributed by atoms with Crippen LogP contribution in [0.2, 0.25) is 0 Å². The van der Waals surface area contributed by atoms with E-state index in [1.807, 2.05) is 72.8 Å². The largest absolute Gasteiger partial charge is 0.493 e. The molecule has 0 atom stereocenters. The van der Waals surface area contributed by atoms with Crippen molar-refractivity contribution in [1.82, 2.24) is 0 Å².